The van der Waals surface area contributed by atoms with Gasteiger partial charge in [-0.25, -0.2) is 8.42 Å². The Kier molecular flexibility index (Phi) is 4.58. The van der Waals surface area contributed by atoms with Crippen molar-refractivity contribution in [2.45, 2.75) is 23.2 Å². The maximum Gasteiger partial charge on any atom is 0.269 e. The highest BCUT2D eigenvalue weighted by Crippen LogP contribution is 2.32. The minimum atomic E-state index is -3.81. The molecule has 0 aliphatic rings. The average molecular weight is 321 g/mol. The molecule has 0 amide bonds. The van der Waals surface area contributed by atoms with Gasteiger partial charge in [-0.15, -0.1) is 0 Å². The number of aliphatic hydroxyl groups is 1. The Bertz CT molecular complexity index is 754. The van der Waals surface area contributed by atoms with Gasteiger partial charge in [-0.3, -0.25) is 10.1 Å². The molecule has 0 fully saturated rings. The molecule has 116 valence electrons. The predicted octanol–water partition coefficient (Wildman–Crippen LogP) is 2.49. The number of non-ortho nitro benzene ring substituents is 1. The number of sulfone groups is 1. The van der Waals surface area contributed by atoms with Crippen molar-refractivity contribution in [2.24, 2.45) is 0 Å². The largest absolute Gasteiger partial charge is 0.392 e. The normalized spacial score (nSPS) is 14.3. The summed E-state index contributed by atoms with van der Waals surface area (Å²) >= 11 is 0. The van der Waals surface area contributed by atoms with Gasteiger partial charge in [0.05, 0.1) is 15.9 Å². The fourth-order valence-corrected chi connectivity index (χ4v) is 4.12. The highest BCUT2D eigenvalue weighted by atomic mass is 32.2. The first-order valence-electron chi connectivity index (χ1n) is 6.55. The second kappa shape index (κ2) is 6.25. The van der Waals surface area contributed by atoms with Crippen LogP contribution >= 0.6 is 0 Å². The number of nitrogens with zero attached hydrogens (tertiary/aromatic N) is 1. The van der Waals surface area contributed by atoms with Crippen LogP contribution in [0, 0.1) is 10.1 Å². The second-order valence-electron chi connectivity index (χ2n) is 4.87. The molecule has 2 unspecified atom stereocenters. The van der Waals surface area contributed by atoms with E-state index in [9.17, 15) is 23.6 Å². The zero-order valence-electron chi connectivity index (χ0n) is 11.8. The Morgan fingerprint density at radius 3 is 2.05 bits per heavy atom. The summed E-state index contributed by atoms with van der Waals surface area (Å²) in [5.41, 5.74) is 0.176. The first kappa shape index (κ1) is 16.1. The van der Waals surface area contributed by atoms with Crippen LogP contribution in [-0.4, -0.2) is 24.6 Å². The highest BCUT2D eigenvalue weighted by Gasteiger charge is 2.33. The molecule has 0 spiro atoms. The third kappa shape index (κ3) is 3.15. The molecule has 6 nitrogen and oxygen atoms in total. The van der Waals surface area contributed by atoms with E-state index < -0.39 is 26.1 Å². The maximum absolute atomic E-state index is 12.7. The van der Waals surface area contributed by atoms with Crippen molar-refractivity contribution in [1.82, 2.24) is 0 Å². The second-order valence-corrected chi connectivity index (χ2v) is 6.94. The zero-order valence-corrected chi connectivity index (χ0v) is 12.6. The van der Waals surface area contributed by atoms with Crippen molar-refractivity contribution >= 4 is 15.5 Å². The van der Waals surface area contributed by atoms with Gasteiger partial charge in [0.1, 0.15) is 5.25 Å². The van der Waals surface area contributed by atoms with Gasteiger partial charge < -0.3 is 5.11 Å². The number of aliphatic hydroxyl groups excluding tert-OH is 1. The molecule has 0 heterocycles. The van der Waals surface area contributed by atoms with Crippen molar-refractivity contribution in [1.29, 1.82) is 0 Å². The predicted molar refractivity (Wildman–Crippen MR) is 81.1 cm³/mol. The molecule has 7 heteroatoms. The molecule has 0 saturated heterocycles. The third-order valence-electron chi connectivity index (χ3n) is 3.28. The van der Waals surface area contributed by atoms with Gasteiger partial charge in [0.2, 0.25) is 0 Å². The van der Waals surface area contributed by atoms with Crippen molar-refractivity contribution in [2.75, 3.05) is 0 Å². The highest BCUT2D eigenvalue weighted by molar-refractivity contribution is 7.91. The summed E-state index contributed by atoms with van der Waals surface area (Å²) in [6.45, 7) is 1.38. The summed E-state index contributed by atoms with van der Waals surface area (Å²) in [5.74, 6) is 0. The molecular weight excluding hydrogens is 306 g/mol. The Balaban J connectivity index is 2.49. The van der Waals surface area contributed by atoms with Crippen molar-refractivity contribution in [3.8, 4) is 0 Å². The number of hydrogen-bond acceptors (Lipinski definition) is 5. The average Bonchev–Trinajstić information content (AvgIpc) is 2.48. The summed E-state index contributed by atoms with van der Waals surface area (Å²) in [6.07, 6.45) is -1.16. The van der Waals surface area contributed by atoms with Crippen molar-refractivity contribution in [3.63, 3.8) is 0 Å². The first-order chi connectivity index (χ1) is 10.3. The van der Waals surface area contributed by atoms with Crippen LogP contribution in [0.25, 0.3) is 0 Å². The number of benzene rings is 2. The van der Waals surface area contributed by atoms with Crippen LogP contribution in [-0.2, 0) is 9.84 Å². The van der Waals surface area contributed by atoms with Crippen LogP contribution in [0.5, 0.6) is 0 Å². The zero-order chi connectivity index (χ0) is 16.3. The Labute approximate surface area is 128 Å². The summed E-state index contributed by atoms with van der Waals surface area (Å²) in [4.78, 5) is 10.2. The van der Waals surface area contributed by atoms with Crippen molar-refractivity contribution < 1.29 is 18.4 Å². The standard InChI is InChI=1S/C15H15NO5S/c1-11(17)15(12-7-9-13(10-8-12)16(18)19)22(20,21)14-5-3-2-4-6-14/h2-11,15,17H,1H3. The van der Waals surface area contributed by atoms with Crippen LogP contribution in [0.4, 0.5) is 5.69 Å². The van der Waals surface area contributed by atoms with Crippen LogP contribution in [0.15, 0.2) is 59.5 Å². The summed E-state index contributed by atoms with van der Waals surface area (Å²) in [7, 11) is -3.81. The SMILES string of the molecule is CC(O)C(c1ccc([N+](=O)[O-])cc1)S(=O)(=O)c1ccccc1. The van der Waals surface area contributed by atoms with Crippen LogP contribution in [0.1, 0.15) is 17.7 Å². The monoisotopic (exact) mass is 321 g/mol. The topological polar surface area (TPSA) is 97.5 Å². The Morgan fingerprint density at radius 2 is 1.59 bits per heavy atom. The minimum Gasteiger partial charge on any atom is -0.392 e. The molecule has 0 aromatic heterocycles. The molecule has 2 aromatic rings. The lowest BCUT2D eigenvalue weighted by molar-refractivity contribution is -0.384. The van der Waals surface area contributed by atoms with Gasteiger partial charge in [-0.2, -0.15) is 0 Å². The van der Waals surface area contributed by atoms with Crippen LogP contribution in [0.3, 0.4) is 0 Å². The number of rotatable bonds is 5. The van der Waals surface area contributed by atoms with Gasteiger partial charge in [0.25, 0.3) is 5.69 Å². The van der Waals surface area contributed by atoms with E-state index in [0.717, 1.165) is 0 Å². The lowest BCUT2D eigenvalue weighted by Gasteiger charge is -2.20. The lowest BCUT2D eigenvalue weighted by Crippen LogP contribution is -2.24. The molecule has 0 radical (unpaired) electrons. The molecule has 22 heavy (non-hydrogen) atoms. The summed E-state index contributed by atoms with van der Waals surface area (Å²) < 4.78 is 25.4. The maximum atomic E-state index is 12.7. The molecule has 0 aliphatic heterocycles. The molecule has 2 atom stereocenters. The Hall–Kier alpha value is -2.25. The van der Waals surface area contributed by atoms with Gasteiger partial charge in [-0.1, -0.05) is 30.3 Å². The van der Waals surface area contributed by atoms with E-state index >= 15 is 0 Å². The van der Waals surface area contributed by atoms with Gasteiger partial charge in [0.15, 0.2) is 9.84 Å². The number of nitro benzene ring substituents is 1. The fourth-order valence-electron chi connectivity index (χ4n) is 2.26. The quantitative estimate of drug-likeness (QED) is 0.674. The molecule has 0 aliphatic carbocycles. The van der Waals surface area contributed by atoms with E-state index in [1.165, 1.54) is 43.3 Å². The molecule has 1 N–H and O–H groups in total. The van der Waals surface area contributed by atoms with E-state index in [1.54, 1.807) is 18.2 Å². The molecule has 0 saturated carbocycles. The van der Waals surface area contributed by atoms with Gasteiger partial charge in [0, 0.05) is 12.1 Å². The molecule has 2 rings (SSSR count). The van der Waals surface area contributed by atoms with E-state index in [2.05, 4.69) is 0 Å². The van der Waals surface area contributed by atoms with E-state index in [-0.39, 0.29) is 10.6 Å². The smallest absolute Gasteiger partial charge is 0.269 e. The summed E-state index contributed by atoms with van der Waals surface area (Å²) in [6, 6.07) is 13.0. The summed E-state index contributed by atoms with van der Waals surface area (Å²) in [5, 5.41) is 19.4. The van der Waals surface area contributed by atoms with Crippen LogP contribution < -0.4 is 0 Å². The van der Waals surface area contributed by atoms with Gasteiger partial charge >= 0.3 is 0 Å². The minimum absolute atomic E-state index is 0.0965. The van der Waals surface area contributed by atoms with Crippen LogP contribution in [0.2, 0.25) is 0 Å². The Morgan fingerprint density at radius 1 is 1.05 bits per heavy atom. The lowest BCUT2D eigenvalue weighted by atomic mass is 10.1. The third-order valence-corrected chi connectivity index (χ3v) is 5.54. The molecular formula is C15H15NO5S. The molecule has 0 bridgehead atoms. The van der Waals surface area contributed by atoms with E-state index in [4.69, 9.17) is 0 Å². The first-order valence-corrected chi connectivity index (χ1v) is 8.10. The van der Waals surface area contributed by atoms with Gasteiger partial charge in [-0.05, 0) is 24.6 Å². The molecule has 2 aromatic carbocycles. The number of nitro groups is 1. The van der Waals surface area contributed by atoms with E-state index in [1.807, 2.05) is 0 Å². The fraction of sp³-hybridized carbons (Fsp3) is 0.200. The number of hydrogen-bond donors (Lipinski definition) is 1. The van der Waals surface area contributed by atoms with E-state index in [0.29, 0.717) is 5.56 Å². The van der Waals surface area contributed by atoms with Crippen molar-refractivity contribution in [3.05, 3.63) is 70.3 Å².